The van der Waals surface area contributed by atoms with Crippen LogP contribution in [0.5, 0.6) is 0 Å². The van der Waals surface area contributed by atoms with Crippen LogP contribution >= 0.6 is 0 Å². The van der Waals surface area contributed by atoms with Crippen LogP contribution < -0.4 is 10.6 Å². The van der Waals surface area contributed by atoms with Gasteiger partial charge in [-0.05, 0) is 30.7 Å². The number of carbonyl (C=O) groups excluding carboxylic acids is 2. The van der Waals surface area contributed by atoms with E-state index in [9.17, 15) is 18.0 Å². The van der Waals surface area contributed by atoms with Gasteiger partial charge >= 0.3 is 0 Å². The summed E-state index contributed by atoms with van der Waals surface area (Å²) in [6.45, 7) is 9.67. The minimum atomic E-state index is -3.66. The van der Waals surface area contributed by atoms with Crippen LogP contribution in [0.4, 0.5) is 11.4 Å². The third kappa shape index (κ3) is 5.09. The zero-order valence-electron chi connectivity index (χ0n) is 18.3. The highest BCUT2D eigenvalue weighted by atomic mass is 32.2. The molecule has 0 spiro atoms. The largest absolute Gasteiger partial charge is 0.345 e. The van der Waals surface area contributed by atoms with Crippen LogP contribution in [0.15, 0.2) is 35.4 Å². The third-order valence-corrected chi connectivity index (χ3v) is 6.85. The first-order chi connectivity index (χ1) is 14.0. The van der Waals surface area contributed by atoms with Crippen molar-refractivity contribution in [1.82, 2.24) is 8.87 Å². The van der Waals surface area contributed by atoms with E-state index >= 15 is 0 Å². The summed E-state index contributed by atoms with van der Waals surface area (Å²) in [6.07, 6.45) is 1.44. The van der Waals surface area contributed by atoms with E-state index < -0.39 is 15.9 Å². The van der Waals surface area contributed by atoms with Crippen molar-refractivity contribution < 1.29 is 18.0 Å². The first kappa shape index (κ1) is 23.6. The van der Waals surface area contributed by atoms with Crippen LogP contribution in [-0.2, 0) is 21.9 Å². The van der Waals surface area contributed by atoms with Gasteiger partial charge in [-0.2, -0.15) is 4.31 Å². The molecule has 30 heavy (non-hydrogen) atoms. The van der Waals surface area contributed by atoms with E-state index in [-0.39, 0.29) is 22.4 Å². The Bertz CT molecular complexity index is 1040. The molecule has 0 aliphatic carbocycles. The van der Waals surface area contributed by atoms with Gasteiger partial charge in [0.15, 0.2) is 0 Å². The minimum absolute atomic E-state index is 0.0773. The van der Waals surface area contributed by atoms with E-state index in [4.69, 9.17) is 0 Å². The standard InChI is InChI=1S/C21H30N4O4S/c1-7-25(8-2)30(28,29)17-12-19(24(6)13-17)21(27)23-18-11-16(10-9-15(18)5)22-20(26)14(3)4/h9-14H,7-8H2,1-6H3,(H,22,26)(H,23,27). The molecule has 1 heterocycles. The molecule has 1 aromatic heterocycles. The van der Waals surface area contributed by atoms with Gasteiger partial charge in [0.25, 0.3) is 5.91 Å². The molecule has 2 aromatic rings. The predicted octanol–water partition coefficient (Wildman–Crippen LogP) is 3.21. The summed E-state index contributed by atoms with van der Waals surface area (Å²) in [5.41, 5.74) is 2.15. The quantitative estimate of drug-likeness (QED) is 0.666. The Morgan fingerprint density at radius 3 is 2.30 bits per heavy atom. The normalized spacial score (nSPS) is 11.7. The van der Waals surface area contributed by atoms with Crippen LogP contribution in [0.25, 0.3) is 0 Å². The highest BCUT2D eigenvalue weighted by Gasteiger charge is 2.25. The van der Waals surface area contributed by atoms with E-state index in [0.29, 0.717) is 24.5 Å². The lowest BCUT2D eigenvalue weighted by Crippen LogP contribution is -2.30. The lowest BCUT2D eigenvalue weighted by atomic mass is 10.1. The second kappa shape index (κ2) is 9.44. The van der Waals surface area contributed by atoms with Crippen molar-refractivity contribution in [3.8, 4) is 0 Å². The number of nitrogens with one attached hydrogen (secondary N) is 2. The summed E-state index contributed by atoms with van der Waals surface area (Å²) in [7, 11) is -2.03. The molecule has 9 heteroatoms. The number of sulfonamides is 1. The van der Waals surface area contributed by atoms with E-state index in [0.717, 1.165) is 5.56 Å². The van der Waals surface area contributed by atoms with Crippen LogP contribution in [0.3, 0.4) is 0 Å². The number of carbonyl (C=O) groups is 2. The van der Waals surface area contributed by atoms with Crippen LogP contribution in [-0.4, -0.2) is 42.2 Å². The number of hydrogen-bond acceptors (Lipinski definition) is 4. The van der Waals surface area contributed by atoms with Crippen LogP contribution in [0.1, 0.15) is 43.7 Å². The molecule has 0 unspecified atom stereocenters. The second-order valence-electron chi connectivity index (χ2n) is 7.39. The van der Waals surface area contributed by atoms with Crippen molar-refractivity contribution in [2.45, 2.75) is 39.5 Å². The Labute approximate surface area is 178 Å². The first-order valence-electron chi connectivity index (χ1n) is 9.90. The molecule has 2 N–H and O–H groups in total. The summed E-state index contributed by atoms with van der Waals surface area (Å²) in [5, 5.41) is 5.62. The van der Waals surface area contributed by atoms with Gasteiger partial charge in [0.2, 0.25) is 15.9 Å². The molecule has 0 aliphatic rings. The number of rotatable bonds is 8. The molecule has 2 rings (SSSR count). The van der Waals surface area contributed by atoms with Crippen LogP contribution in [0.2, 0.25) is 0 Å². The van der Waals surface area contributed by atoms with E-state index in [1.165, 1.54) is 21.1 Å². The molecule has 2 amide bonds. The van der Waals surface area contributed by atoms with Crippen molar-refractivity contribution in [1.29, 1.82) is 0 Å². The summed E-state index contributed by atoms with van der Waals surface area (Å²) >= 11 is 0. The summed E-state index contributed by atoms with van der Waals surface area (Å²) in [4.78, 5) is 24.9. The van der Waals surface area contributed by atoms with Crippen molar-refractivity contribution in [3.05, 3.63) is 41.7 Å². The summed E-state index contributed by atoms with van der Waals surface area (Å²) in [5.74, 6) is -0.724. The SMILES string of the molecule is CCN(CC)S(=O)(=O)c1cc(C(=O)Nc2cc(NC(=O)C(C)C)ccc2C)n(C)c1. The van der Waals surface area contributed by atoms with Gasteiger partial charge in [-0.15, -0.1) is 0 Å². The molecule has 0 aliphatic heterocycles. The molecular weight excluding hydrogens is 404 g/mol. The Hall–Kier alpha value is -2.65. The second-order valence-corrected chi connectivity index (χ2v) is 9.33. The average Bonchev–Trinajstić information content (AvgIpc) is 3.07. The number of aromatic nitrogens is 1. The smallest absolute Gasteiger partial charge is 0.272 e. The monoisotopic (exact) mass is 434 g/mol. The van der Waals surface area contributed by atoms with E-state index in [2.05, 4.69) is 10.6 Å². The highest BCUT2D eigenvalue weighted by Crippen LogP contribution is 2.23. The molecule has 0 bridgehead atoms. The minimum Gasteiger partial charge on any atom is -0.345 e. The molecular formula is C21H30N4O4S. The van der Waals surface area contributed by atoms with Crippen molar-refractivity contribution >= 4 is 33.2 Å². The zero-order chi connectivity index (χ0) is 22.6. The lowest BCUT2D eigenvalue weighted by Gasteiger charge is -2.17. The maximum absolute atomic E-state index is 12.9. The third-order valence-electron chi connectivity index (χ3n) is 4.83. The highest BCUT2D eigenvalue weighted by molar-refractivity contribution is 7.89. The molecule has 164 valence electrons. The molecule has 8 nitrogen and oxygen atoms in total. The van der Waals surface area contributed by atoms with Gasteiger partial charge in [0.05, 0.1) is 0 Å². The zero-order valence-corrected chi connectivity index (χ0v) is 19.1. The molecule has 0 saturated heterocycles. The fraction of sp³-hybridized carbons (Fsp3) is 0.429. The average molecular weight is 435 g/mol. The predicted molar refractivity (Wildman–Crippen MR) is 118 cm³/mol. The van der Waals surface area contributed by atoms with Gasteiger partial charge in [-0.1, -0.05) is 33.8 Å². The van der Waals surface area contributed by atoms with E-state index in [1.807, 2.05) is 6.92 Å². The van der Waals surface area contributed by atoms with Gasteiger partial charge in [-0.25, -0.2) is 8.42 Å². The lowest BCUT2D eigenvalue weighted by molar-refractivity contribution is -0.118. The number of aryl methyl sites for hydroxylation is 2. The number of benzene rings is 1. The van der Waals surface area contributed by atoms with Gasteiger partial charge in [0.1, 0.15) is 10.6 Å². The molecule has 0 atom stereocenters. The fourth-order valence-corrected chi connectivity index (χ4v) is 4.45. The maximum atomic E-state index is 12.9. The molecule has 0 radical (unpaired) electrons. The Morgan fingerprint density at radius 1 is 1.10 bits per heavy atom. The molecule has 0 saturated carbocycles. The van der Waals surface area contributed by atoms with Gasteiger partial charge in [-0.3, -0.25) is 9.59 Å². The van der Waals surface area contributed by atoms with Gasteiger partial charge < -0.3 is 15.2 Å². The van der Waals surface area contributed by atoms with Crippen molar-refractivity contribution in [2.24, 2.45) is 13.0 Å². The summed E-state index contributed by atoms with van der Waals surface area (Å²) in [6, 6.07) is 6.63. The van der Waals surface area contributed by atoms with Crippen LogP contribution in [0, 0.1) is 12.8 Å². The summed E-state index contributed by atoms with van der Waals surface area (Å²) < 4.78 is 28.3. The number of nitrogens with zero attached hydrogens (tertiary/aromatic N) is 2. The number of hydrogen-bond donors (Lipinski definition) is 2. The number of amides is 2. The Kier molecular flexibility index (Phi) is 7.44. The Morgan fingerprint density at radius 2 is 1.73 bits per heavy atom. The molecule has 1 aromatic carbocycles. The topological polar surface area (TPSA) is 101 Å². The number of anilines is 2. The Balaban J connectivity index is 2.29. The fourth-order valence-electron chi connectivity index (χ4n) is 2.92. The van der Waals surface area contributed by atoms with Crippen molar-refractivity contribution in [2.75, 3.05) is 23.7 Å². The van der Waals surface area contributed by atoms with E-state index in [1.54, 1.807) is 52.9 Å². The van der Waals surface area contributed by atoms with Gasteiger partial charge in [0, 0.05) is 43.6 Å². The molecule has 0 fully saturated rings. The first-order valence-corrected chi connectivity index (χ1v) is 11.3. The maximum Gasteiger partial charge on any atom is 0.272 e. The van der Waals surface area contributed by atoms with Crippen molar-refractivity contribution in [3.63, 3.8) is 0 Å².